The Morgan fingerprint density at radius 1 is 1.09 bits per heavy atom. The first-order valence-corrected chi connectivity index (χ1v) is 10.2. The average molecular weight is 434 g/mol. The number of alkyl halides is 2. The lowest BCUT2D eigenvalue weighted by molar-refractivity contribution is 0.0115. The monoisotopic (exact) mass is 434 g/mol. The Morgan fingerprint density at radius 3 is 2.72 bits per heavy atom. The van der Waals surface area contributed by atoms with Crippen LogP contribution in [0, 0.1) is 0 Å². The van der Waals surface area contributed by atoms with Crippen molar-refractivity contribution in [3.8, 4) is 11.1 Å². The fraction of sp³-hybridized carbons (Fsp3) is 0.217. The van der Waals surface area contributed by atoms with Gasteiger partial charge in [-0.15, -0.1) is 0 Å². The van der Waals surface area contributed by atoms with E-state index in [0.717, 1.165) is 22.2 Å². The van der Waals surface area contributed by atoms with Gasteiger partial charge in [-0.05, 0) is 41.5 Å². The topological polar surface area (TPSA) is 86.8 Å². The number of anilines is 1. The molecular formula is C23H20F2N6O. The number of amides is 1. The van der Waals surface area contributed by atoms with Gasteiger partial charge in [0.15, 0.2) is 5.69 Å². The molecule has 0 saturated carbocycles. The number of H-pyrrole nitrogens is 1. The third-order valence-corrected chi connectivity index (χ3v) is 5.50. The minimum Gasteiger partial charge on any atom is -0.320 e. The van der Waals surface area contributed by atoms with Gasteiger partial charge in [0.1, 0.15) is 0 Å². The molecule has 7 nitrogen and oxygen atoms in total. The summed E-state index contributed by atoms with van der Waals surface area (Å²) in [6, 6.07) is 11.0. The van der Waals surface area contributed by atoms with E-state index in [-0.39, 0.29) is 24.6 Å². The number of pyridine rings is 2. The standard InChI is InChI=1S/C23H20F2N6O/c24-23(25)5-8-31(14-23)13-15-9-17(12-27-11-15)16-1-2-20-19(10-16)21(30-29-20)22(32)28-18-3-6-26-7-4-18/h1-4,6-7,9-12H,5,8,13-14H2,(H,29,30)(H,26,28,32). The highest BCUT2D eigenvalue weighted by Crippen LogP contribution is 2.29. The number of likely N-dealkylation sites (tertiary alicyclic amines) is 1. The summed E-state index contributed by atoms with van der Waals surface area (Å²) in [6.45, 7) is 0.562. The predicted octanol–water partition coefficient (Wildman–Crippen LogP) is 4.11. The number of carbonyl (C=O) groups excluding carboxylic acids is 1. The Hall–Kier alpha value is -3.72. The molecule has 4 heterocycles. The molecular weight excluding hydrogens is 414 g/mol. The van der Waals surface area contributed by atoms with Gasteiger partial charge in [-0.1, -0.05) is 6.07 Å². The van der Waals surface area contributed by atoms with Crippen LogP contribution in [-0.2, 0) is 6.54 Å². The second-order valence-electron chi connectivity index (χ2n) is 7.92. The normalized spacial score (nSPS) is 15.8. The zero-order chi connectivity index (χ0) is 22.1. The van der Waals surface area contributed by atoms with Crippen LogP contribution in [0.2, 0.25) is 0 Å². The molecule has 0 bridgehead atoms. The van der Waals surface area contributed by atoms with Gasteiger partial charge in [0.25, 0.3) is 11.8 Å². The van der Waals surface area contributed by atoms with Crippen molar-refractivity contribution in [2.75, 3.05) is 18.4 Å². The molecule has 0 unspecified atom stereocenters. The Labute approximate surface area is 182 Å². The van der Waals surface area contributed by atoms with Crippen LogP contribution in [0.15, 0.2) is 61.2 Å². The van der Waals surface area contributed by atoms with Crippen LogP contribution in [0.5, 0.6) is 0 Å². The Balaban J connectivity index is 1.40. The summed E-state index contributed by atoms with van der Waals surface area (Å²) in [4.78, 5) is 22.7. The van der Waals surface area contributed by atoms with Gasteiger partial charge in [-0.3, -0.25) is 24.8 Å². The molecule has 1 aliphatic heterocycles. The summed E-state index contributed by atoms with van der Waals surface area (Å²) >= 11 is 0. The molecule has 1 amide bonds. The second-order valence-corrected chi connectivity index (χ2v) is 7.92. The van der Waals surface area contributed by atoms with Crippen molar-refractivity contribution < 1.29 is 13.6 Å². The molecule has 5 rings (SSSR count). The van der Waals surface area contributed by atoms with Crippen LogP contribution in [0.25, 0.3) is 22.0 Å². The van der Waals surface area contributed by atoms with E-state index >= 15 is 0 Å². The molecule has 1 aliphatic rings. The molecule has 0 radical (unpaired) electrons. The van der Waals surface area contributed by atoms with Crippen LogP contribution in [0.3, 0.4) is 0 Å². The van der Waals surface area contributed by atoms with Gasteiger partial charge in [-0.2, -0.15) is 5.10 Å². The number of hydrogen-bond acceptors (Lipinski definition) is 5. The van der Waals surface area contributed by atoms with Crippen LogP contribution >= 0.6 is 0 Å². The molecule has 1 fully saturated rings. The summed E-state index contributed by atoms with van der Waals surface area (Å²) in [6.07, 6.45) is 6.50. The van der Waals surface area contributed by atoms with Crippen molar-refractivity contribution >= 4 is 22.5 Å². The molecule has 0 atom stereocenters. The molecule has 162 valence electrons. The lowest BCUT2D eigenvalue weighted by Gasteiger charge is -2.15. The minimum atomic E-state index is -2.62. The molecule has 4 aromatic rings. The number of carbonyl (C=O) groups is 1. The minimum absolute atomic E-state index is 0.110. The molecule has 3 aromatic heterocycles. The number of nitrogens with one attached hydrogen (secondary N) is 2. The van der Waals surface area contributed by atoms with Gasteiger partial charge in [0, 0.05) is 60.9 Å². The number of hydrogen-bond donors (Lipinski definition) is 2. The zero-order valence-corrected chi connectivity index (χ0v) is 17.1. The molecule has 0 aliphatic carbocycles. The van der Waals surface area contributed by atoms with Gasteiger partial charge in [-0.25, -0.2) is 8.78 Å². The molecule has 1 aromatic carbocycles. The molecule has 9 heteroatoms. The van der Waals surface area contributed by atoms with Gasteiger partial charge in [0.2, 0.25) is 0 Å². The van der Waals surface area contributed by atoms with E-state index < -0.39 is 5.92 Å². The van der Waals surface area contributed by atoms with Crippen molar-refractivity contribution in [3.63, 3.8) is 0 Å². The van der Waals surface area contributed by atoms with Crippen molar-refractivity contribution in [2.24, 2.45) is 0 Å². The van der Waals surface area contributed by atoms with E-state index in [1.54, 1.807) is 41.8 Å². The summed E-state index contributed by atoms with van der Waals surface area (Å²) in [5.41, 5.74) is 4.21. The number of halogens is 2. The maximum absolute atomic E-state index is 13.5. The SMILES string of the molecule is O=C(Nc1ccncc1)c1n[nH]c2ccc(-c3cncc(CN4CCC(F)(F)C4)c3)cc12. The first-order chi connectivity index (χ1) is 15.5. The van der Waals surface area contributed by atoms with E-state index in [1.165, 1.54) is 0 Å². The van der Waals surface area contributed by atoms with Crippen molar-refractivity contribution in [1.82, 2.24) is 25.1 Å². The highest BCUT2D eigenvalue weighted by Gasteiger charge is 2.37. The summed E-state index contributed by atoms with van der Waals surface area (Å²) in [5.74, 6) is -2.95. The molecule has 1 saturated heterocycles. The van der Waals surface area contributed by atoms with Crippen molar-refractivity contribution in [3.05, 3.63) is 72.4 Å². The highest BCUT2D eigenvalue weighted by molar-refractivity contribution is 6.11. The summed E-state index contributed by atoms with van der Waals surface area (Å²) < 4.78 is 27.0. The maximum Gasteiger partial charge on any atom is 0.276 e. The fourth-order valence-electron chi connectivity index (χ4n) is 3.92. The van der Waals surface area contributed by atoms with Crippen molar-refractivity contribution in [2.45, 2.75) is 18.9 Å². The van der Waals surface area contributed by atoms with Crippen molar-refractivity contribution in [1.29, 1.82) is 0 Å². The summed E-state index contributed by atoms with van der Waals surface area (Å²) in [7, 11) is 0. The number of benzene rings is 1. The highest BCUT2D eigenvalue weighted by atomic mass is 19.3. The Morgan fingerprint density at radius 2 is 1.94 bits per heavy atom. The molecule has 2 N–H and O–H groups in total. The third kappa shape index (κ3) is 4.19. The van der Waals surface area contributed by atoms with E-state index in [4.69, 9.17) is 0 Å². The van der Waals surface area contributed by atoms with Crippen LogP contribution < -0.4 is 5.32 Å². The summed E-state index contributed by atoms with van der Waals surface area (Å²) in [5, 5.41) is 10.6. The van der Waals surface area contributed by atoms with E-state index in [0.29, 0.717) is 24.2 Å². The van der Waals surface area contributed by atoms with E-state index in [9.17, 15) is 13.6 Å². The maximum atomic E-state index is 13.5. The average Bonchev–Trinajstić information content (AvgIpc) is 3.36. The number of fused-ring (bicyclic) bond motifs is 1. The first kappa shape index (κ1) is 20.2. The number of rotatable bonds is 5. The Bertz CT molecular complexity index is 1270. The second kappa shape index (κ2) is 8.08. The first-order valence-electron chi connectivity index (χ1n) is 10.2. The lowest BCUT2D eigenvalue weighted by Crippen LogP contribution is -2.24. The van der Waals surface area contributed by atoms with Crippen LogP contribution in [0.1, 0.15) is 22.5 Å². The van der Waals surface area contributed by atoms with E-state index in [2.05, 4.69) is 25.5 Å². The van der Waals surface area contributed by atoms with E-state index in [1.807, 2.05) is 24.3 Å². The molecule has 32 heavy (non-hydrogen) atoms. The molecule has 0 spiro atoms. The number of aromatic amines is 1. The van der Waals surface area contributed by atoms with Gasteiger partial charge in [0.05, 0.1) is 12.1 Å². The van der Waals surface area contributed by atoms with Crippen LogP contribution in [0.4, 0.5) is 14.5 Å². The lowest BCUT2D eigenvalue weighted by atomic mass is 10.0. The predicted molar refractivity (Wildman–Crippen MR) is 116 cm³/mol. The largest absolute Gasteiger partial charge is 0.320 e. The van der Waals surface area contributed by atoms with Gasteiger partial charge >= 0.3 is 0 Å². The third-order valence-electron chi connectivity index (χ3n) is 5.50. The number of nitrogens with zero attached hydrogens (tertiary/aromatic N) is 4. The smallest absolute Gasteiger partial charge is 0.276 e. The zero-order valence-electron chi connectivity index (χ0n) is 17.1. The Kier molecular flexibility index (Phi) is 5.10. The quantitative estimate of drug-likeness (QED) is 0.494. The van der Waals surface area contributed by atoms with Gasteiger partial charge < -0.3 is 5.32 Å². The number of aromatic nitrogens is 4. The fourth-order valence-corrected chi connectivity index (χ4v) is 3.92. The van der Waals surface area contributed by atoms with Crippen LogP contribution in [-0.4, -0.2) is 50.0 Å².